The van der Waals surface area contributed by atoms with Gasteiger partial charge >= 0.3 is 11.8 Å². The smallest absolute Gasteiger partial charge is 0.408 e. The van der Waals surface area contributed by atoms with Crippen molar-refractivity contribution in [3.05, 3.63) is 34.3 Å². The molecule has 0 saturated heterocycles. The molecule has 22 heavy (non-hydrogen) atoms. The van der Waals surface area contributed by atoms with Crippen molar-refractivity contribution in [1.82, 2.24) is 15.6 Å². The van der Waals surface area contributed by atoms with Crippen molar-refractivity contribution in [1.29, 1.82) is 0 Å². The first-order chi connectivity index (χ1) is 10.7. The third-order valence-electron chi connectivity index (χ3n) is 4.12. The van der Waals surface area contributed by atoms with Gasteiger partial charge in [-0.3, -0.25) is 4.98 Å². The highest BCUT2D eigenvalue weighted by Crippen LogP contribution is 2.17. The predicted molar refractivity (Wildman–Crippen MR) is 83.9 cm³/mol. The second-order valence-electron chi connectivity index (χ2n) is 5.83. The van der Waals surface area contributed by atoms with Gasteiger partial charge in [-0.15, -0.1) is 0 Å². The highest BCUT2D eigenvalue weighted by atomic mass is 16.4. The summed E-state index contributed by atoms with van der Waals surface area (Å²) < 4.78 is 4.96. The van der Waals surface area contributed by atoms with Crippen LogP contribution in [0.4, 0.5) is 4.79 Å². The van der Waals surface area contributed by atoms with E-state index in [2.05, 4.69) is 15.6 Å². The summed E-state index contributed by atoms with van der Waals surface area (Å²) in [6.07, 6.45) is 6.55. The molecule has 0 radical (unpaired) electrons. The van der Waals surface area contributed by atoms with Gasteiger partial charge in [0.25, 0.3) is 0 Å². The first-order valence-electron chi connectivity index (χ1n) is 7.87. The zero-order valence-electron chi connectivity index (χ0n) is 12.5. The largest absolute Gasteiger partial charge is 0.417 e. The summed E-state index contributed by atoms with van der Waals surface area (Å²) in [5, 5.41) is 5.91. The van der Waals surface area contributed by atoms with Crippen LogP contribution in [0, 0.1) is 0 Å². The standard InChI is InChI=1S/C16H21N3O3/c20-15(18-12-4-2-1-3-5-12)17-9-8-11-6-7-14-13(10-11)19-16(21)22-14/h6-7,10,12H,1-5,8-9H2,(H,19,21)(H2,17,18,20). The van der Waals surface area contributed by atoms with Crippen molar-refractivity contribution in [2.45, 2.75) is 44.6 Å². The van der Waals surface area contributed by atoms with Crippen molar-refractivity contribution >= 4 is 17.1 Å². The van der Waals surface area contributed by atoms with E-state index in [0.717, 1.165) is 18.4 Å². The van der Waals surface area contributed by atoms with E-state index in [0.29, 0.717) is 30.1 Å². The van der Waals surface area contributed by atoms with Crippen LogP contribution in [0.1, 0.15) is 37.7 Å². The van der Waals surface area contributed by atoms with E-state index in [1.54, 1.807) is 6.07 Å². The van der Waals surface area contributed by atoms with Gasteiger partial charge in [0.05, 0.1) is 5.52 Å². The number of rotatable bonds is 4. The number of H-pyrrole nitrogens is 1. The molecule has 2 amide bonds. The molecule has 0 aliphatic heterocycles. The molecule has 6 heteroatoms. The number of urea groups is 1. The van der Waals surface area contributed by atoms with Gasteiger partial charge in [-0.2, -0.15) is 0 Å². The summed E-state index contributed by atoms with van der Waals surface area (Å²) in [4.78, 5) is 25.6. The molecule has 118 valence electrons. The molecule has 3 N–H and O–H groups in total. The molecular formula is C16H21N3O3. The quantitative estimate of drug-likeness (QED) is 0.810. The molecule has 0 unspecified atom stereocenters. The van der Waals surface area contributed by atoms with Gasteiger partial charge in [0, 0.05) is 12.6 Å². The second kappa shape index (κ2) is 6.68. The number of oxazole rings is 1. The number of amides is 2. The minimum Gasteiger partial charge on any atom is -0.408 e. The molecule has 0 bridgehead atoms. The van der Waals surface area contributed by atoms with Crippen molar-refractivity contribution in [2.75, 3.05) is 6.54 Å². The predicted octanol–water partition coefficient (Wildman–Crippen LogP) is 2.30. The number of benzene rings is 1. The van der Waals surface area contributed by atoms with Crippen molar-refractivity contribution < 1.29 is 9.21 Å². The number of aromatic nitrogens is 1. The number of carbonyl (C=O) groups is 1. The molecule has 1 aromatic carbocycles. The van der Waals surface area contributed by atoms with Gasteiger partial charge in [-0.25, -0.2) is 9.59 Å². The van der Waals surface area contributed by atoms with Gasteiger partial charge in [0.1, 0.15) is 0 Å². The minimum atomic E-state index is -0.447. The molecular weight excluding hydrogens is 282 g/mol. The Labute approximate surface area is 128 Å². The molecule has 1 fully saturated rings. The number of fused-ring (bicyclic) bond motifs is 1. The van der Waals surface area contributed by atoms with E-state index < -0.39 is 5.76 Å². The number of carbonyl (C=O) groups excluding carboxylic acids is 1. The highest BCUT2D eigenvalue weighted by molar-refractivity contribution is 5.74. The molecule has 6 nitrogen and oxygen atoms in total. The van der Waals surface area contributed by atoms with Gasteiger partial charge in [-0.05, 0) is 37.0 Å². The zero-order chi connectivity index (χ0) is 15.4. The Kier molecular flexibility index (Phi) is 4.46. The zero-order valence-corrected chi connectivity index (χ0v) is 12.5. The number of nitrogens with one attached hydrogen (secondary N) is 3. The number of hydrogen-bond donors (Lipinski definition) is 3. The van der Waals surface area contributed by atoms with Gasteiger partial charge in [0.15, 0.2) is 5.58 Å². The van der Waals surface area contributed by atoms with Crippen LogP contribution in [0.25, 0.3) is 11.1 Å². The number of hydrogen-bond acceptors (Lipinski definition) is 3. The Balaban J connectivity index is 1.46. The summed E-state index contributed by atoms with van der Waals surface area (Å²) >= 11 is 0. The Hall–Kier alpha value is -2.24. The van der Waals surface area contributed by atoms with Gasteiger partial charge in [0.2, 0.25) is 0 Å². The molecule has 1 aromatic heterocycles. The fourth-order valence-electron chi connectivity index (χ4n) is 2.96. The van der Waals surface area contributed by atoms with Crippen LogP contribution in [0.15, 0.2) is 27.4 Å². The van der Waals surface area contributed by atoms with Crippen LogP contribution in [-0.2, 0) is 6.42 Å². The van der Waals surface area contributed by atoms with Crippen LogP contribution in [0.5, 0.6) is 0 Å². The lowest BCUT2D eigenvalue weighted by Crippen LogP contribution is -2.43. The fraction of sp³-hybridized carbons (Fsp3) is 0.500. The monoisotopic (exact) mass is 303 g/mol. The molecule has 1 aliphatic rings. The minimum absolute atomic E-state index is 0.0929. The lowest BCUT2D eigenvalue weighted by molar-refractivity contribution is 0.233. The third kappa shape index (κ3) is 3.69. The first-order valence-corrected chi connectivity index (χ1v) is 7.87. The maximum absolute atomic E-state index is 11.8. The molecule has 0 spiro atoms. The topological polar surface area (TPSA) is 87.1 Å². The highest BCUT2D eigenvalue weighted by Gasteiger charge is 2.15. The summed E-state index contributed by atoms with van der Waals surface area (Å²) in [5.74, 6) is -0.447. The Morgan fingerprint density at radius 1 is 1.27 bits per heavy atom. The van der Waals surface area contributed by atoms with Gasteiger partial charge in [-0.1, -0.05) is 25.3 Å². The lowest BCUT2D eigenvalue weighted by Gasteiger charge is -2.22. The van der Waals surface area contributed by atoms with Crippen molar-refractivity contribution in [3.8, 4) is 0 Å². The summed E-state index contributed by atoms with van der Waals surface area (Å²) in [5.41, 5.74) is 2.29. The summed E-state index contributed by atoms with van der Waals surface area (Å²) in [6, 6.07) is 5.77. The maximum Gasteiger partial charge on any atom is 0.417 e. The van der Waals surface area contributed by atoms with Gasteiger partial charge < -0.3 is 15.1 Å². The number of aromatic amines is 1. The Morgan fingerprint density at radius 3 is 2.91 bits per heavy atom. The summed E-state index contributed by atoms with van der Waals surface area (Å²) in [6.45, 7) is 0.562. The van der Waals surface area contributed by atoms with E-state index in [1.807, 2.05) is 12.1 Å². The molecule has 2 aromatic rings. The van der Waals surface area contributed by atoms with Crippen LogP contribution in [0.2, 0.25) is 0 Å². The second-order valence-corrected chi connectivity index (χ2v) is 5.83. The molecule has 0 atom stereocenters. The van der Waals surface area contributed by atoms with E-state index in [9.17, 15) is 9.59 Å². The average Bonchev–Trinajstić information content (AvgIpc) is 2.87. The first kappa shape index (κ1) is 14.7. The van der Waals surface area contributed by atoms with Crippen molar-refractivity contribution in [3.63, 3.8) is 0 Å². The van der Waals surface area contributed by atoms with Crippen LogP contribution in [-0.4, -0.2) is 23.6 Å². The third-order valence-corrected chi connectivity index (χ3v) is 4.12. The van der Waals surface area contributed by atoms with E-state index in [4.69, 9.17) is 4.42 Å². The lowest BCUT2D eigenvalue weighted by atomic mass is 9.96. The molecule has 1 aliphatic carbocycles. The van der Waals surface area contributed by atoms with E-state index in [-0.39, 0.29) is 6.03 Å². The van der Waals surface area contributed by atoms with Crippen LogP contribution in [0.3, 0.4) is 0 Å². The Bertz CT molecular complexity index is 698. The average molecular weight is 303 g/mol. The SMILES string of the molecule is O=C(NCCc1ccc2oc(=O)[nH]c2c1)NC1CCCCC1. The summed E-state index contributed by atoms with van der Waals surface area (Å²) in [7, 11) is 0. The van der Waals surface area contributed by atoms with E-state index in [1.165, 1.54) is 19.3 Å². The van der Waals surface area contributed by atoms with E-state index >= 15 is 0 Å². The van der Waals surface area contributed by atoms with Crippen LogP contribution < -0.4 is 16.4 Å². The van der Waals surface area contributed by atoms with Crippen molar-refractivity contribution in [2.24, 2.45) is 0 Å². The normalized spacial score (nSPS) is 15.8. The van der Waals surface area contributed by atoms with Crippen LogP contribution >= 0.6 is 0 Å². The maximum atomic E-state index is 11.8. The molecule has 1 saturated carbocycles. The fourth-order valence-corrected chi connectivity index (χ4v) is 2.96. The molecule has 1 heterocycles. The Morgan fingerprint density at radius 2 is 2.09 bits per heavy atom. The molecule has 3 rings (SSSR count).